The van der Waals surface area contributed by atoms with Gasteiger partial charge in [-0.15, -0.1) is 0 Å². The van der Waals surface area contributed by atoms with Crippen LogP contribution in [0.2, 0.25) is 5.02 Å². The van der Waals surface area contributed by atoms with Crippen molar-refractivity contribution in [3.8, 4) is 0 Å². The second-order valence-corrected chi connectivity index (χ2v) is 5.00. The largest absolute Gasteiger partial charge is 0.389 e. The number of amides is 1. The minimum atomic E-state index is -0.487. The van der Waals surface area contributed by atoms with Crippen molar-refractivity contribution >= 4 is 46.1 Å². The average Bonchev–Trinajstić information content (AvgIpc) is 2.41. The molecule has 0 aliphatic carbocycles. The average molecular weight is 306 g/mol. The quantitative estimate of drug-likeness (QED) is 0.759. The molecule has 2 aromatic rings. The number of carbonyl (C=O) groups is 1. The van der Waals surface area contributed by atoms with E-state index in [9.17, 15) is 4.79 Å². The van der Waals surface area contributed by atoms with Crippen LogP contribution in [0.5, 0.6) is 0 Å². The van der Waals surface area contributed by atoms with Crippen LogP contribution in [0.1, 0.15) is 15.9 Å². The fourth-order valence-corrected chi connectivity index (χ4v) is 2.08. The van der Waals surface area contributed by atoms with Gasteiger partial charge in [-0.25, -0.2) is 0 Å². The van der Waals surface area contributed by atoms with Crippen molar-refractivity contribution in [3.05, 3.63) is 58.6 Å². The molecule has 0 aliphatic heterocycles. The smallest absolute Gasteiger partial charge is 0.248 e. The highest BCUT2D eigenvalue weighted by atomic mass is 35.5. The molecule has 102 valence electrons. The molecule has 0 saturated carbocycles. The maximum Gasteiger partial charge on any atom is 0.248 e. The fourth-order valence-electron chi connectivity index (χ4n) is 1.74. The number of nitrogens with two attached hydrogens (primary N) is 2. The monoisotopic (exact) mass is 305 g/mol. The molecule has 0 radical (unpaired) electrons. The highest BCUT2D eigenvalue weighted by Crippen LogP contribution is 2.24. The van der Waals surface area contributed by atoms with Crippen LogP contribution in [0.4, 0.5) is 11.4 Å². The number of hydrogen-bond donors (Lipinski definition) is 3. The Hall–Kier alpha value is -2.11. The number of halogens is 1. The number of nitrogens with one attached hydrogen (secondary N) is 1. The molecule has 0 unspecified atom stereocenters. The Morgan fingerprint density at radius 3 is 2.55 bits per heavy atom. The van der Waals surface area contributed by atoms with E-state index < -0.39 is 5.91 Å². The van der Waals surface area contributed by atoms with Gasteiger partial charge in [0.1, 0.15) is 4.99 Å². The topological polar surface area (TPSA) is 81.1 Å². The first kappa shape index (κ1) is 14.3. The third-order valence-corrected chi connectivity index (χ3v) is 3.13. The van der Waals surface area contributed by atoms with Gasteiger partial charge in [-0.1, -0.05) is 29.9 Å². The van der Waals surface area contributed by atoms with Crippen LogP contribution in [0.25, 0.3) is 0 Å². The summed E-state index contributed by atoms with van der Waals surface area (Å²) in [6, 6.07) is 12.0. The summed E-state index contributed by atoms with van der Waals surface area (Å²) in [7, 11) is 0. The van der Waals surface area contributed by atoms with Crippen LogP contribution in [0.3, 0.4) is 0 Å². The van der Waals surface area contributed by atoms with Gasteiger partial charge in [-0.05, 0) is 36.4 Å². The maximum absolute atomic E-state index is 11.2. The molecule has 0 aliphatic rings. The summed E-state index contributed by atoms with van der Waals surface area (Å²) >= 11 is 10.9. The lowest BCUT2D eigenvalue weighted by molar-refractivity contribution is 0.100. The summed E-state index contributed by atoms with van der Waals surface area (Å²) in [5.74, 6) is -0.487. The van der Waals surface area contributed by atoms with Gasteiger partial charge < -0.3 is 16.8 Å². The number of hydrogen-bond acceptors (Lipinski definition) is 3. The van der Waals surface area contributed by atoms with Gasteiger partial charge in [-0.3, -0.25) is 4.79 Å². The molecule has 2 aromatic carbocycles. The molecule has 4 nitrogen and oxygen atoms in total. The number of benzene rings is 2. The predicted octanol–water partition coefficient (Wildman–Crippen LogP) is 2.82. The van der Waals surface area contributed by atoms with Crippen molar-refractivity contribution in [2.24, 2.45) is 11.5 Å². The van der Waals surface area contributed by atoms with Gasteiger partial charge >= 0.3 is 0 Å². The summed E-state index contributed by atoms with van der Waals surface area (Å²) < 4.78 is 0. The second-order valence-electron chi connectivity index (χ2n) is 4.12. The van der Waals surface area contributed by atoms with Gasteiger partial charge in [0.25, 0.3) is 0 Å². The van der Waals surface area contributed by atoms with Crippen LogP contribution < -0.4 is 16.8 Å². The van der Waals surface area contributed by atoms with E-state index in [0.29, 0.717) is 27.5 Å². The maximum atomic E-state index is 11.2. The zero-order valence-electron chi connectivity index (χ0n) is 10.4. The lowest BCUT2D eigenvalue weighted by Gasteiger charge is -2.12. The second kappa shape index (κ2) is 5.90. The minimum Gasteiger partial charge on any atom is -0.389 e. The van der Waals surface area contributed by atoms with Gasteiger partial charge in [0.2, 0.25) is 5.91 Å². The van der Waals surface area contributed by atoms with Crippen LogP contribution >= 0.6 is 23.8 Å². The minimum absolute atomic E-state index is 0.237. The first-order valence-corrected chi connectivity index (χ1v) is 6.52. The molecule has 2 rings (SSSR count). The van der Waals surface area contributed by atoms with E-state index in [2.05, 4.69) is 5.32 Å². The Kier molecular flexibility index (Phi) is 4.22. The van der Waals surface area contributed by atoms with Crippen molar-refractivity contribution in [2.75, 3.05) is 5.32 Å². The van der Waals surface area contributed by atoms with Crippen molar-refractivity contribution < 1.29 is 4.79 Å². The lowest BCUT2D eigenvalue weighted by Crippen LogP contribution is -2.13. The molecule has 0 saturated heterocycles. The van der Waals surface area contributed by atoms with Gasteiger partial charge in [0.15, 0.2) is 0 Å². The molecule has 1 amide bonds. The van der Waals surface area contributed by atoms with E-state index in [4.69, 9.17) is 35.3 Å². The first-order chi connectivity index (χ1) is 9.47. The van der Waals surface area contributed by atoms with E-state index in [-0.39, 0.29) is 4.99 Å². The molecule has 0 atom stereocenters. The Labute approximate surface area is 126 Å². The standard InChI is InChI=1S/C14H12ClN3OS/c15-9-4-5-12(11(7-9)14(17)20)18-10-3-1-2-8(6-10)13(16)19/h1-7,18H,(H2,16,19)(H2,17,20). The van der Waals surface area contributed by atoms with Crippen molar-refractivity contribution in [1.29, 1.82) is 0 Å². The van der Waals surface area contributed by atoms with Crippen molar-refractivity contribution in [1.82, 2.24) is 0 Å². The molecule has 0 heterocycles. The van der Waals surface area contributed by atoms with Gasteiger partial charge in [-0.2, -0.15) is 0 Å². The number of anilines is 2. The Morgan fingerprint density at radius 2 is 1.90 bits per heavy atom. The van der Waals surface area contributed by atoms with Crippen LogP contribution in [-0.2, 0) is 0 Å². The highest BCUT2D eigenvalue weighted by Gasteiger charge is 2.08. The van der Waals surface area contributed by atoms with E-state index >= 15 is 0 Å². The van der Waals surface area contributed by atoms with E-state index in [1.54, 1.807) is 36.4 Å². The lowest BCUT2D eigenvalue weighted by atomic mass is 10.1. The van der Waals surface area contributed by atoms with Crippen LogP contribution in [0, 0.1) is 0 Å². The molecule has 0 bridgehead atoms. The van der Waals surface area contributed by atoms with Crippen molar-refractivity contribution in [3.63, 3.8) is 0 Å². The highest BCUT2D eigenvalue weighted by molar-refractivity contribution is 7.80. The zero-order valence-corrected chi connectivity index (χ0v) is 12.0. The Morgan fingerprint density at radius 1 is 1.15 bits per heavy atom. The summed E-state index contributed by atoms with van der Waals surface area (Å²) in [5, 5.41) is 3.69. The summed E-state index contributed by atoms with van der Waals surface area (Å²) in [6.07, 6.45) is 0. The van der Waals surface area contributed by atoms with Crippen LogP contribution in [0.15, 0.2) is 42.5 Å². The SMILES string of the molecule is NC(=O)c1cccc(Nc2ccc(Cl)cc2C(N)=S)c1. The molecular formula is C14H12ClN3OS. The molecule has 0 fully saturated rings. The third kappa shape index (κ3) is 3.26. The predicted molar refractivity (Wildman–Crippen MR) is 85.6 cm³/mol. The Bertz CT molecular complexity index is 688. The molecule has 0 spiro atoms. The van der Waals surface area contributed by atoms with Gasteiger partial charge in [0, 0.05) is 27.5 Å². The molecule has 5 N–H and O–H groups in total. The van der Waals surface area contributed by atoms with E-state index in [0.717, 1.165) is 0 Å². The summed E-state index contributed by atoms with van der Waals surface area (Å²) in [6.45, 7) is 0. The molecule has 6 heteroatoms. The molecule has 0 aromatic heterocycles. The normalized spacial score (nSPS) is 10.1. The zero-order chi connectivity index (χ0) is 14.7. The summed E-state index contributed by atoms with van der Waals surface area (Å²) in [5.41, 5.74) is 13.4. The number of carbonyl (C=O) groups excluding carboxylic acids is 1. The number of thiocarbonyl (C=S) groups is 1. The summed E-state index contributed by atoms with van der Waals surface area (Å²) in [4.78, 5) is 11.4. The third-order valence-electron chi connectivity index (χ3n) is 2.67. The number of primary amides is 1. The van der Waals surface area contributed by atoms with Crippen LogP contribution in [-0.4, -0.2) is 10.9 Å². The van der Waals surface area contributed by atoms with Gasteiger partial charge in [0.05, 0.1) is 0 Å². The van der Waals surface area contributed by atoms with E-state index in [1.165, 1.54) is 0 Å². The van der Waals surface area contributed by atoms with Crippen molar-refractivity contribution in [2.45, 2.75) is 0 Å². The van der Waals surface area contributed by atoms with E-state index in [1.807, 2.05) is 6.07 Å². The Balaban J connectivity index is 2.37. The fraction of sp³-hybridized carbons (Fsp3) is 0. The number of rotatable bonds is 4. The molecular weight excluding hydrogens is 294 g/mol. The first-order valence-electron chi connectivity index (χ1n) is 5.73. The molecule has 20 heavy (non-hydrogen) atoms.